The SMILES string of the molecule is CC(C)CC(C)(CN)NC(=O)c1cnc(-c2ccccc2)s1. The Morgan fingerprint density at radius 3 is 2.64 bits per heavy atom. The number of carbonyl (C=O) groups is 1. The summed E-state index contributed by atoms with van der Waals surface area (Å²) in [6, 6.07) is 9.87. The summed E-state index contributed by atoms with van der Waals surface area (Å²) in [6.07, 6.45) is 2.48. The van der Waals surface area contributed by atoms with Gasteiger partial charge in [0.2, 0.25) is 0 Å². The molecular weight excluding hydrogens is 294 g/mol. The number of nitrogens with zero attached hydrogens (tertiary/aromatic N) is 1. The summed E-state index contributed by atoms with van der Waals surface area (Å²) in [6.45, 7) is 6.66. The van der Waals surface area contributed by atoms with Crippen molar-refractivity contribution in [3.05, 3.63) is 41.4 Å². The van der Waals surface area contributed by atoms with Gasteiger partial charge in [-0.25, -0.2) is 4.98 Å². The summed E-state index contributed by atoms with van der Waals surface area (Å²) in [5, 5.41) is 3.91. The molecule has 22 heavy (non-hydrogen) atoms. The van der Waals surface area contributed by atoms with Crippen LogP contribution in [-0.4, -0.2) is 23.0 Å². The van der Waals surface area contributed by atoms with Gasteiger partial charge < -0.3 is 11.1 Å². The van der Waals surface area contributed by atoms with Crippen molar-refractivity contribution in [1.82, 2.24) is 10.3 Å². The van der Waals surface area contributed by atoms with E-state index in [1.165, 1.54) is 11.3 Å². The number of thiazole rings is 1. The molecule has 1 aromatic heterocycles. The first-order chi connectivity index (χ1) is 10.4. The van der Waals surface area contributed by atoms with Crippen LogP contribution in [0.1, 0.15) is 36.9 Å². The molecule has 118 valence electrons. The van der Waals surface area contributed by atoms with Gasteiger partial charge in [-0.15, -0.1) is 11.3 Å². The Hall–Kier alpha value is -1.72. The monoisotopic (exact) mass is 317 g/mol. The maximum Gasteiger partial charge on any atom is 0.263 e. The number of nitrogens with one attached hydrogen (secondary N) is 1. The summed E-state index contributed by atoms with van der Waals surface area (Å²) in [4.78, 5) is 17.4. The molecule has 0 aliphatic heterocycles. The van der Waals surface area contributed by atoms with Crippen molar-refractivity contribution in [1.29, 1.82) is 0 Å². The smallest absolute Gasteiger partial charge is 0.263 e. The summed E-state index contributed by atoms with van der Waals surface area (Å²) in [7, 11) is 0. The quantitative estimate of drug-likeness (QED) is 0.859. The van der Waals surface area contributed by atoms with Crippen LogP contribution in [0.15, 0.2) is 36.5 Å². The van der Waals surface area contributed by atoms with E-state index in [2.05, 4.69) is 24.1 Å². The van der Waals surface area contributed by atoms with Crippen LogP contribution in [0.2, 0.25) is 0 Å². The topological polar surface area (TPSA) is 68.0 Å². The van der Waals surface area contributed by atoms with Crippen LogP contribution in [-0.2, 0) is 0 Å². The fourth-order valence-corrected chi connectivity index (χ4v) is 3.33. The summed E-state index contributed by atoms with van der Waals surface area (Å²) in [5.74, 6) is 0.364. The molecule has 1 atom stereocenters. The zero-order valence-corrected chi connectivity index (χ0v) is 14.1. The van der Waals surface area contributed by atoms with Gasteiger partial charge in [-0.3, -0.25) is 4.79 Å². The van der Waals surface area contributed by atoms with Crippen molar-refractivity contribution in [2.24, 2.45) is 11.7 Å². The fraction of sp³-hybridized carbons (Fsp3) is 0.412. The van der Waals surface area contributed by atoms with Crippen LogP contribution >= 0.6 is 11.3 Å². The van der Waals surface area contributed by atoms with Crippen LogP contribution in [0.25, 0.3) is 10.6 Å². The molecule has 3 N–H and O–H groups in total. The molecule has 2 rings (SSSR count). The maximum atomic E-state index is 12.4. The van der Waals surface area contributed by atoms with E-state index in [1.807, 2.05) is 37.3 Å². The predicted molar refractivity (Wildman–Crippen MR) is 91.9 cm³/mol. The van der Waals surface area contributed by atoms with Crippen molar-refractivity contribution in [3.63, 3.8) is 0 Å². The van der Waals surface area contributed by atoms with Gasteiger partial charge in [-0.05, 0) is 19.3 Å². The molecule has 1 unspecified atom stereocenters. The second-order valence-corrected chi connectivity index (χ2v) is 7.24. The number of rotatable bonds is 6. The number of hydrogen-bond donors (Lipinski definition) is 2. The second kappa shape index (κ2) is 7.03. The van der Waals surface area contributed by atoms with E-state index in [1.54, 1.807) is 6.20 Å². The third-order valence-corrected chi connectivity index (χ3v) is 4.52. The molecule has 0 aliphatic rings. The van der Waals surface area contributed by atoms with Crippen LogP contribution in [0.5, 0.6) is 0 Å². The molecule has 0 saturated carbocycles. The van der Waals surface area contributed by atoms with Crippen molar-refractivity contribution >= 4 is 17.2 Å². The molecule has 0 bridgehead atoms. The lowest BCUT2D eigenvalue weighted by Crippen LogP contribution is -2.52. The minimum absolute atomic E-state index is 0.103. The minimum atomic E-state index is -0.387. The van der Waals surface area contributed by atoms with Gasteiger partial charge in [-0.1, -0.05) is 44.2 Å². The van der Waals surface area contributed by atoms with Gasteiger partial charge in [0.15, 0.2) is 0 Å². The lowest BCUT2D eigenvalue weighted by molar-refractivity contribution is 0.0902. The standard InChI is InChI=1S/C17H23N3OS/c1-12(2)9-17(3,11-18)20-15(21)14-10-19-16(22-14)13-7-5-4-6-8-13/h4-8,10,12H,9,11,18H2,1-3H3,(H,20,21). The van der Waals surface area contributed by atoms with Gasteiger partial charge in [0.25, 0.3) is 5.91 Å². The molecule has 1 amide bonds. The number of hydrogen-bond acceptors (Lipinski definition) is 4. The molecule has 0 spiro atoms. The highest BCUT2D eigenvalue weighted by Gasteiger charge is 2.27. The number of amides is 1. The van der Waals surface area contributed by atoms with E-state index in [0.29, 0.717) is 17.3 Å². The second-order valence-electron chi connectivity index (χ2n) is 6.21. The Morgan fingerprint density at radius 2 is 2.05 bits per heavy atom. The number of benzene rings is 1. The van der Waals surface area contributed by atoms with Crippen molar-refractivity contribution in [2.45, 2.75) is 32.7 Å². The molecule has 0 saturated heterocycles. The fourth-order valence-electron chi connectivity index (χ4n) is 2.52. The van der Waals surface area contributed by atoms with E-state index < -0.39 is 0 Å². The van der Waals surface area contributed by atoms with Gasteiger partial charge in [0.1, 0.15) is 9.88 Å². The van der Waals surface area contributed by atoms with E-state index >= 15 is 0 Å². The van der Waals surface area contributed by atoms with Crippen molar-refractivity contribution < 1.29 is 4.79 Å². The number of aromatic nitrogens is 1. The maximum absolute atomic E-state index is 12.4. The highest BCUT2D eigenvalue weighted by Crippen LogP contribution is 2.25. The Bertz CT molecular complexity index is 624. The zero-order valence-electron chi connectivity index (χ0n) is 13.3. The summed E-state index contributed by atoms with van der Waals surface area (Å²) in [5.41, 5.74) is 6.49. The first kappa shape index (κ1) is 16.6. The Kier molecular flexibility index (Phi) is 5.32. The third kappa shape index (κ3) is 4.15. The van der Waals surface area contributed by atoms with E-state index in [0.717, 1.165) is 17.0 Å². The zero-order chi connectivity index (χ0) is 16.2. The van der Waals surface area contributed by atoms with Gasteiger partial charge >= 0.3 is 0 Å². The molecule has 0 fully saturated rings. The summed E-state index contributed by atoms with van der Waals surface area (Å²) >= 11 is 1.40. The van der Waals surface area contributed by atoms with Gasteiger partial charge in [0, 0.05) is 12.1 Å². The Morgan fingerprint density at radius 1 is 1.36 bits per heavy atom. The van der Waals surface area contributed by atoms with Crippen LogP contribution < -0.4 is 11.1 Å². The first-order valence-electron chi connectivity index (χ1n) is 7.47. The number of nitrogens with two attached hydrogens (primary N) is 1. The van der Waals surface area contributed by atoms with Crippen molar-refractivity contribution in [3.8, 4) is 10.6 Å². The van der Waals surface area contributed by atoms with Gasteiger partial charge in [0.05, 0.1) is 11.7 Å². The van der Waals surface area contributed by atoms with E-state index in [9.17, 15) is 4.79 Å². The van der Waals surface area contributed by atoms with Crippen LogP contribution in [0.3, 0.4) is 0 Å². The molecular formula is C17H23N3OS. The molecule has 1 heterocycles. The average molecular weight is 317 g/mol. The van der Waals surface area contributed by atoms with E-state index in [-0.39, 0.29) is 11.4 Å². The van der Waals surface area contributed by atoms with E-state index in [4.69, 9.17) is 5.73 Å². The van der Waals surface area contributed by atoms with Crippen molar-refractivity contribution in [2.75, 3.05) is 6.54 Å². The highest BCUT2D eigenvalue weighted by molar-refractivity contribution is 7.16. The molecule has 2 aromatic rings. The van der Waals surface area contributed by atoms with Crippen LogP contribution in [0, 0.1) is 5.92 Å². The minimum Gasteiger partial charge on any atom is -0.345 e. The first-order valence-corrected chi connectivity index (χ1v) is 8.29. The Labute approximate surface area is 135 Å². The molecule has 4 nitrogen and oxygen atoms in total. The molecule has 0 aliphatic carbocycles. The largest absolute Gasteiger partial charge is 0.345 e. The third-order valence-electron chi connectivity index (χ3n) is 3.47. The lowest BCUT2D eigenvalue weighted by Gasteiger charge is -2.30. The summed E-state index contributed by atoms with van der Waals surface area (Å²) < 4.78 is 0. The molecule has 0 radical (unpaired) electrons. The van der Waals surface area contributed by atoms with Crippen LogP contribution in [0.4, 0.5) is 0 Å². The molecule has 5 heteroatoms. The normalized spacial score (nSPS) is 13.9. The number of carbonyl (C=O) groups excluding carboxylic acids is 1. The average Bonchev–Trinajstić information content (AvgIpc) is 2.97. The van der Waals surface area contributed by atoms with Gasteiger partial charge in [-0.2, -0.15) is 0 Å². The Balaban J connectivity index is 2.12. The predicted octanol–water partition coefficient (Wildman–Crippen LogP) is 3.30. The molecule has 1 aromatic carbocycles. The lowest BCUT2D eigenvalue weighted by atomic mass is 9.90. The highest BCUT2D eigenvalue weighted by atomic mass is 32.1.